The van der Waals surface area contributed by atoms with E-state index in [1.807, 2.05) is 0 Å². The van der Waals surface area contributed by atoms with Gasteiger partial charge in [0, 0.05) is 32.6 Å². The second-order valence-corrected chi connectivity index (χ2v) is 11.5. The van der Waals surface area contributed by atoms with E-state index in [-0.39, 0.29) is 29.1 Å². The minimum Gasteiger partial charge on any atom is -0.462 e. The molecule has 2 saturated heterocycles. The maximum Gasteiger partial charge on any atom is 0.316 e. The van der Waals surface area contributed by atoms with Gasteiger partial charge in [-0.3, -0.25) is 24.0 Å². The van der Waals surface area contributed by atoms with Gasteiger partial charge in [-0.15, -0.1) is 0 Å². The molecule has 6 fully saturated rings. The molecule has 0 aromatic carbocycles. The van der Waals surface area contributed by atoms with Crippen LogP contribution in [0.2, 0.25) is 0 Å². The Morgan fingerprint density at radius 1 is 0.943 bits per heavy atom. The van der Waals surface area contributed by atoms with Crippen molar-refractivity contribution in [2.24, 2.45) is 34.0 Å². The largest absolute Gasteiger partial charge is 0.462 e. The van der Waals surface area contributed by atoms with Crippen molar-refractivity contribution < 1.29 is 42.9 Å². The summed E-state index contributed by atoms with van der Waals surface area (Å²) >= 11 is 0. The lowest BCUT2D eigenvalue weighted by Crippen LogP contribution is -2.80. The number of Topliss-reactive ketones (excluding diaryl/α,β-unsaturated/α-hetero) is 1. The van der Waals surface area contributed by atoms with Gasteiger partial charge in [-0.25, -0.2) is 0 Å². The number of ketones is 1. The zero-order chi connectivity index (χ0) is 25.7. The highest BCUT2D eigenvalue weighted by Gasteiger charge is 2.86. The SMILES string of the molecule is C=C1C(=O)C23[C@@H]4C[C@@H]5C(C)(C)CC[C@@H](OC(C)=O)[C@@]5(C(=O)O4)[C@@H]2[C@@H](OC(C)=O)C[C@@H]1[C@H]3OC(C)=O. The lowest BCUT2D eigenvalue weighted by atomic mass is 9.36. The molecule has 9 heteroatoms. The number of hydrogen-bond acceptors (Lipinski definition) is 9. The van der Waals surface area contributed by atoms with E-state index < -0.39 is 71.0 Å². The predicted molar refractivity (Wildman–Crippen MR) is 118 cm³/mol. The molecule has 0 N–H and O–H groups in total. The first-order valence-corrected chi connectivity index (χ1v) is 12.3. The molecule has 0 amide bonds. The molecule has 2 heterocycles. The first kappa shape index (κ1) is 24.0. The number of fused-ring (bicyclic) bond motifs is 2. The van der Waals surface area contributed by atoms with Crippen LogP contribution in [0, 0.1) is 34.0 Å². The molecule has 9 atom stereocenters. The Kier molecular flexibility index (Phi) is 5.07. The van der Waals surface area contributed by atoms with Crippen molar-refractivity contribution >= 4 is 29.7 Å². The van der Waals surface area contributed by atoms with Gasteiger partial charge in [0.2, 0.25) is 0 Å². The Morgan fingerprint density at radius 3 is 2.17 bits per heavy atom. The summed E-state index contributed by atoms with van der Waals surface area (Å²) in [6, 6.07) is 0. The van der Waals surface area contributed by atoms with Crippen LogP contribution in [0.15, 0.2) is 12.2 Å². The Hall–Kier alpha value is -2.71. The molecule has 2 aliphatic heterocycles. The fourth-order valence-corrected chi connectivity index (χ4v) is 8.55. The van der Waals surface area contributed by atoms with E-state index in [0.717, 1.165) is 0 Å². The summed E-state index contributed by atoms with van der Waals surface area (Å²) in [5.74, 6) is -4.28. The monoisotopic (exact) mass is 488 g/mol. The van der Waals surface area contributed by atoms with Crippen molar-refractivity contribution in [3.8, 4) is 0 Å². The van der Waals surface area contributed by atoms with E-state index in [1.54, 1.807) is 0 Å². The van der Waals surface area contributed by atoms with Gasteiger partial charge in [0.05, 0.1) is 0 Å². The summed E-state index contributed by atoms with van der Waals surface area (Å²) in [4.78, 5) is 64.8. The molecule has 4 aliphatic carbocycles. The Morgan fingerprint density at radius 2 is 1.57 bits per heavy atom. The van der Waals surface area contributed by atoms with Crippen LogP contribution in [0.3, 0.4) is 0 Å². The van der Waals surface area contributed by atoms with E-state index >= 15 is 0 Å². The molecule has 4 bridgehead atoms. The summed E-state index contributed by atoms with van der Waals surface area (Å²) in [6.07, 6.45) is -1.87. The Labute approximate surface area is 203 Å². The number of carbonyl (C=O) groups excluding carboxylic acids is 5. The smallest absolute Gasteiger partial charge is 0.316 e. The Balaban J connectivity index is 1.81. The minimum absolute atomic E-state index is 0.177. The van der Waals surface area contributed by atoms with Crippen LogP contribution in [0.4, 0.5) is 0 Å². The van der Waals surface area contributed by atoms with Gasteiger partial charge >= 0.3 is 23.9 Å². The molecule has 2 spiro atoms. The summed E-state index contributed by atoms with van der Waals surface area (Å²) in [7, 11) is 0. The molecule has 4 saturated carbocycles. The fourth-order valence-electron chi connectivity index (χ4n) is 8.55. The van der Waals surface area contributed by atoms with Crippen molar-refractivity contribution in [1.29, 1.82) is 0 Å². The van der Waals surface area contributed by atoms with E-state index in [1.165, 1.54) is 20.8 Å². The zero-order valence-corrected chi connectivity index (χ0v) is 20.8. The van der Waals surface area contributed by atoms with Gasteiger partial charge in [0.15, 0.2) is 5.78 Å². The van der Waals surface area contributed by atoms with Crippen molar-refractivity contribution in [1.82, 2.24) is 0 Å². The normalized spacial score (nSPS) is 44.6. The summed E-state index contributed by atoms with van der Waals surface area (Å²) in [5.41, 5.74) is -2.96. The van der Waals surface area contributed by atoms with Crippen molar-refractivity contribution in [2.75, 3.05) is 0 Å². The molecule has 6 rings (SSSR count). The molecular formula is C26H32O9. The maximum atomic E-state index is 14.1. The molecule has 9 nitrogen and oxygen atoms in total. The number of carbonyl (C=O) groups is 5. The highest BCUT2D eigenvalue weighted by molar-refractivity contribution is 6.06. The molecule has 190 valence electrons. The topological polar surface area (TPSA) is 122 Å². The van der Waals surface area contributed by atoms with E-state index in [4.69, 9.17) is 18.9 Å². The molecule has 1 unspecified atom stereocenters. The molecule has 0 radical (unpaired) electrons. The Bertz CT molecular complexity index is 1060. The van der Waals surface area contributed by atoms with Crippen LogP contribution >= 0.6 is 0 Å². The fraction of sp³-hybridized carbons (Fsp3) is 0.731. The standard InChI is InChI=1S/C26H32O9/c1-11-15-9-16(32-12(2)27)20-25-17(24(5,6)8-7-18(25)33-13(3)28)10-19(35-23(25)31)26(20,21(11)30)22(15)34-14(4)29/h15-20,22H,1,7-10H2,2-6H3/t15-,16-,17+,18+,19-,20-,22+,25+,26?/m0/s1. The number of hydrogen-bond donors (Lipinski definition) is 0. The lowest BCUT2D eigenvalue weighted by molar-refractivity contribution is -0.318. The molecule has 0 aromatic rings. The van der Waals surface area contributed by atoms with Crippen molar-refractivity contribution in [2.45, 2.75) is 84.7 Å². The van der Waals surface area contributed by atoms with Crippen LogP contribution in [0.5, 0.6) is 0 Å². The third-order valence-corrected chi connectivity index (χ3v) is 9.46. The van der Waals surface area contributed by atoms with Gasteiger partial charge in [0.1, 0.15) is 35.2 Å². The van der Waals surface area contributed by atoms with Gasteiger partial charge in [-0.05, 0) is 42.6 Å². The third-order valence-electron chi connectivity index (χ3n) is 9.46. The zero-order valence-electron chi connectivity index (χ0n) is 20.8. The number of ether oxygens (including phenoxy) is 4. The summed E-state index contributed by atoms with van der Waals surface area (Å²) < 4.78 is 23.4. The lowest BCUT2D eigenvalue weighted by Gasteiger charge is -2.70. The van der Waals surface area contributed by atoms with Crippen molar-refractivity contribution in [3.05, 3.63) is 12.2 Å². The van der Waals surface area contributed by atoms with Gasteiger partial charge in [-0.1, -0.05) is 20.4 Å². The van der Waals surface area contributed by atoms with Gasteiger partial charge < -0.3 is 18.9 Å². The second kappa shape index (κ2) is 7.40. The number of rotatable bonds is 3. The average molecular weight is 489 g/mol. The van der Waals surface area contributed by atoms with E-state index in [9.17, 15) is 24.0 Å². The third kappa shape index (κ3) is 2.84. The maximum absolute atomic E-state index is 14.1. The highest BCUT2D eigenvalue weighted by atomic mass is 16.6. The minimum atomic E-state index is -1.46. The van der Waals surface area contributed by atoms with E-state index in [2.05, 4.69) is 20.4 Å². The van der Waals surface area contributed by atoms with Gasteiger partial charge in [-0.2, -0.15) is 0 Å². The average Bonchev–Trinajstić information content (AvgIpc) is 2.86. The van der Waals surface area contributed by atoms with Crippen molar-refractivity contribution in [3.63, 3.8) is 0 Å². The molecular weight excluding hydrogens is 456 g/mol. The summed E-state index contributed by atoms with van der Waals surface area (Å²) in [5, 5.41) is 0. The van der Waals surface area contributed by atoms with Gasteiger partial charge in [0.25, 0.3) is 0 Å². The van der Waals surface area contributed by atoms with Crippen LogP contribution < -0.4 is 0 Å². The first-order chi connectivity index (χ1) is 16.3. The van der Waals surface area contributed by atoms with Crippen LogP contribution in [-0.4, -0.2) is 54.1 Å². The highest BCUT2D eigenvalue weighted by Crippen LogP contribution is 2.75. The quantitative estimate of drug-likeness (QED) is 0.334. The van der Waals surface area contributed by atoms with Crippen LogP contribution in [-0.2, 0) is 42.9 Å². The number of esters is 4. The van der Waals surface area contributed by atoms with Crippen LogP contribution in [0.1, 0.15) is 60.3 Å². The molecule has 35 heavy (non-hydrogen) atoms. The predicted octanol–water partition coefficient (Wildman–Crippen LogP) is 2.29. The molecule has 0 aromatic heterocycles. The summed E-state index contributed by atoms with van der Waals surface area (Å²) in [6.45, 7) is 12.0. The molecule has 6 aliphatic rings. The first-order valence-electron chi connectivity index (χ1n) is 12.3. The van der Waals surface area contributed by atoms with E-state index in [0.29, 0.717) is 19.3 Å². The second-order valence-electron chi connectivity index (χ2n) is 11.5. The van der Waals surface area contributed by atoms with Crippen LogP contribution in [0.25, 0.3) is 0 Å².